The van der Waals surface area contributed by atoms with Crippen LogP contribution in [0, 0.1) is 0 Å². The average Bonchev–Trinajstić information content (AvgIpc) is 3.03. The fourth-order valence-corrected chi connectivity index (χ4v) is 3.49. The fourth-order valence-electron chi connectivity index (χ4n) is 1.87. The molecule has 2 rings (SSSR count). The van der Waals surface area contributed by atoms with Gasteiger partial charge in [0.25, 0.3) is 5.91 Å². The summed E-state index contributed by atoms with van der Waals surface area (Å²) >= 11 is 3.11. The Morgan fingerprint density at radius 3 is 2.78 bits per heavy atom. The van der Waals surface area contributed by atoms with E-state index in [-0.39, 0.29) is 24.4 Å². The number of carbonyl (C=O) groups is 2. The molecule has 0 aliphatic heterocycles. The highest BCUT2D eigenvalue weighted by atomic mass is 32.2. The molecular formula is C16H19N3O2S2. The molecule has 5 nitrogen and oxygen atoms in total. The van der Waals surface area contributed by atoms with Crippen molar-refractivity contribution in [1.82, 2.24) is 15.6 Å². The lowest BCUT2D eigenvalue weighted by Crippen LogP contribution is -2.39. The van der Waals surface area contributed by atoms with Crippen LogP contribution in [0.4, 0.5) is 0 Å². The summed E-state index contributed by atoms with van der Waals surface area (Å²) in [6.45, 7) is 3.73. The molecule has 122 valence electrons. The minimum atomic E-state index is -0.245. The minimum Gasteiger partial charge on any atom is -0.352 e. The number of rotatable bonds is 7. The van der Waals surface area contributed by atoms with E-state index in [1.807, 2.05) is 37.4 Å². The van der Waals surface area contributed by atoms with Gasteiger partial charge in [0.1, 0.15) is 0 Å². The highest BCUT2D eigenvalue weighted by Gasteiger charge is 2.13. The number of hydrogen-bond acceptors (Lipinski definition) is 5. The summed E-state index contributed by atoms with van der Waals surface area (Å²) in [5.41, 5.74) is 3.36. The zero-order chi connectivity index (χ0) is 16.7. The Hall–Kier alpha value is -1.86. The van der Waals surface area contributed by atoms with E-state index >= 15 is 0 Å². The maximum atomic E-state index is 12.3. The van der Waals surface area contributed by atoms with Gasteiger partial charge in [-0.2, -0.15) is 0 Å². The van der Waals surface area contributed by atoms with Gasteiger partial charge in [0.2, 0.25) is 5.91 Å². The third kappa shape index (κ3) is 5.69. The Labute approximate surface area is 143 Å². The number of nitrogens with one attached hydrogen (secondary N) is 2. The van der Waals surface area contributed by atoms with Crippen molar-refractivity contribution in [2.45, 2.75) is 30.5 Å². The maximum Gasteiger partial charge on any atom is 0.252 e. The number of hydrogen-bond donors (Lipinski definition) is 2. The van der Waals surface area contributed by atoms with Crippen LogP contribution in [0.25, 0.3) is 0 Å². The molecule has 0 saturated heterocycles. The first kappa shape index (κ1) is 17.5. The molecule has 0 radical (unpaired) electrons. The molecule has 0 unspecified atom stereocenters. The zero-order valence-electron chi connectivity index (χ0n) is 13.0. The van der Waals surface area contributed by atoms with Crippen molar-refractivity contribution in [1.29, 1.82) is 0 Å². The molecule has 2 aromatic rings. The number of thioether (sulfide) groups is 1. The first-order chi connectivity index (χ1) is 11.1. The second kappa shape index (κ2) is 8.69. The Morgan fingerprint density at radius 2 is 2.09 bits per heavy atom. The molecule has 1 heterocycles. The number of thiazole rings is 1. The second-order valence-corrected chi connectivity index (χ2v) is 6.91. The van der Waals surface area contributed by atoms with Crippen LogP contribution in [0.3, 0.4) is 0 Å². The monoisotopic (exact) mass is 349 g/mol. The normalized spacial score (nSPS) is 10.6. The van der Waals surface area contributed by atoms with E-state index in [9.17, 15) is 9.59 Å². The average molecular weight is 349 g/mol. The van der Waals surface area contributed by atoms with Crippen molar-refractivity contribution in [2.24, 2.45) is 0 Å². The maximum absolute atomic E-state index is 12.3. The molecule has 0 bridgehead atoms. The van der Waals surface area contributed by atoms with Crippen molar-refractivity contribution in [3.8, 4) is 0 Å². The van der Waals surface area contributed by atoms with Crippen molar-refractivity contribution in [3.05, 3.63) is 46.4 Å². The van der Waals surface area contributed by atoms with Gasteiger partial charge in [-0.1, -0.05) is 12.1 Å². The van der Waals surface area contributed by atoms with Gasteiger partial charge in [0, 0.05) is 22.1 Å². The number of carbonyl (C=O) groups excluding carboxylic acids is 2. The third-order valence-electron chi connectivity index (χ3n) is 2.85. The molecule has 23 heavy (non-hydrogen) atoms. The molecule has 1 aromatic carbocycles. The summed E-state index contributed by atoms with van der Waals surface area (Å²) in [6, 6.07) is 7.43. The molecule has 0 fully saturated rings. The number of aromatic nitrogens is 1. The summed E-state index contributed by atoms with van der Waals surface area (Å²) in [6.07, 6.45) is 0. The highest BCUT2D eigenvalue weighted by Crippen LogP contribution is 2.26. The number of amides is 2. The third-order valence-corrected chi connectivity index (χ3v) is 4.59. The van der Waals surface area contributed by atoms with E-state index in [1.165, 1.54) is 0 Å². The van der Waals surface area contributed by atoms with Crippen LogP contribution < -0.4 is 10.6 Å². The van der Waals surface area contributed by atoms with Crippen molar-refractivity contribution >= 4 is 34.9 Å². The lowest BCUT2D eigenvalue weighted by Gasteiger charge is -2.11. The van der Waals surface area contributed by atoms with Crippen LogP contribution >= 0.6 is 23.1 Å². The SMILES string of the molecule is CC(C)NC(=O)CNC(=O)c1ccccc1SCc1cscn1. The van der Waals surface area contributed by atoms with Crippen LogP contribution in [0.5, 0.6) is 0 Å². The first-order valence-electron chi connectivity index (χ1n) is 7.22. The van der Waals surface area contributed by atoms with E-state index in [4.69, 9.17) is 0 Å². The molecular weight excluding hydrogens is 330 g/mol. The predicted molar refractivity (Wildman–Crippen MR) is 93.7 cm³/mol. The molecule has 0 aliphatic rings. The van der Waals surface area contributed by atoms with Gasteiger partial charge in [0.15, 0.2) is 0 Å². The molecule has 0 saturated carbocycles. The van der Waals surface area contributed by atoms with Crippen LogP contribution in [0.1, 0.15) is 29.9 Å². The Balaban J connectivity index is 1.95. The number of benzene rings is 1. The number of nitrogens with zero attached hydrogens (tertiary/aromatic N) is 1. The van der Waals surface area contributed by atoms with Gasteiger partial charge < -0.3 is 10.6 Å². The van der Waals surface area contributed by atoms with Gasteiger partial charge in [-0.05, 0) is 26.0 Å². The van der Waals surface area contributed by atoms with Crippen LogP contribution in [-0.2, 0) is 10.5 Å². The van der Waals surface area contributed by atoms with Crippen LogP contribution in [0.15, 0.2) is 40.1 Å². The molecule has 2 N–H and O–H groups in total. The van der Waals surface area contributed by atoms with Gasteiger partial charge in [0.05, 0.1) is 23.3 Å². The fraction of sp³-hybridized carbons (Fsp3) is 0.312. The second-order valence-electron chi connectivity index (χ2n) is 5.17. The summed E-state index contributed by atoms with van der Waals surface area (Å²) < 4.78 is 0. The minimum absolute atomic E-state index is 0.0257. The topological polar surface area (TPSA) is 71.1 Å². The molecule has 0 spiro atoms. The van der Waals surface area contributed by atoms with Crippen LogP contribution in [0.2, 0.25) is 0 Å². The first-order valence-corrected chi connectivity index (χ1v) is 9.15. The van der Waals surface area contributed by atoms with Crippen LogP contribution in [-0.4, -0.2) is 29.4 Å². The van der Waals surface area contributed by atoms with Crippen molar-refractivity contribution in [3.63, 3.8) is 0 Å². The zero-order valence-corrected chi connectivity index (χ0v) is 14.7. The largest absolute Gasteiger partial charge is 0.352 e. The van der Waals surface area contributed by atoms with Crippen molar-refractivity contribution < 1.29 is 9.59 Å². The highest BCUT2D eigenvalue weighted by molar-refractivity contribution is 7.98. The Morgan fingerprint density at radius 1 is 1.30 bits per heavy atom. The van der Waals surface area contributed by atoms with Gasteiger partial charge in [-0.15, -0.1) is 23.1 Å². The summed E-state index contributed by atoms with van der Waals surface area (Å²) in [4.78, 5) is 29.0. The van der Waals surface area contributed by atoms with E-state index in [2.05, 4.69) is 15.6 Å². The molecule has 0 atom stereocenters. The quantitative estimate of drug-likeness (QED) is 0.754. The van der Waals surface area contributed by atoms with Crippen molar-refractivity contribution in [2.75, 3.05) is 6.54 Å². The van der Waals surface area contributed by atoms with E-state index in [0.29, 0.717) is 11.3 Å². The smallest absolute Gasteiger partial charge is 0.252 e. The Kier molecular flexibility index (Phi) is 6.61. The summed E-state index contributed by atoms with van der Waals surface area (Å²) in [5, 5.41) is 7.39. The predicted octanol–water partition coefficient (Wildman–Crippen LogP) is 2.69. The lowest BCUT2D eigenvalue weighted by molar-refractivity contribution is -0.120. The molecule has 0 aliphatic carbocycles. The lowest BCUT2D eigenvalue weighted by atomic mass is 10.2. The van der Waals surface area contributed by atoms with Gasteiger partial charge in [-0.25, -0.2) is 4.98 Å². The molecule has 1 aromatic heterocycles. The van der Waals surface area contributed by atoms with E-state index in [0.717, 1.165) is 10.6 Å². The van der Waals surface area contributed by atoms with Gasteiger partial charge >= 0.3 is 0 Å². The standard InChI is InChI=1S/C16H19N3O2S2/c1-11(2)19-15(20)7-17-16(21)13-5-3-4-6-14(13)23-9-12-8-22-10-18-12/h3-6,8,10-11H,7,9H2,1-2H3,(H,17,21)(H,19,20). The van der Waals surface area contributed by atoms with E-state index < -0.39 is 0 Å². The molecule has 7 heteroatoms. The summed E-state index contributed by atoms with van der Waals surface area (Å²) in [7, 11) is 0. The summed E-state index contributed by atoms with van der Waals surface area (Å²) in [5.74, 6) is 0.271. The Bertz CT molecular complexity index is 657. The molecule has 2 amide bonds. The van der Waals surface area contributed by atoms with E-state index in [1.54, 1.807) is 34.7 Å². The van der Waals surface area contributed by atoms with Gasteiger partial charge in [-0.3, -0.25) is 9.59 Å².